The summed E-state index contributed by atoms with van der Waals surface area (Å²) in [4.78, 5) is 0. The summed E-state index contributed by atoms with van der Waals surface area (Å²) in [5.41, 5.74) is 1.28. The van der Waals surface area contributed by atoms with Crippen LogP contribution in [-0.2, 0) is 18.4 Å². The molecule has 22 heavy (non-hydrogen) atoms. The molecule has 0 radical (unpaired) electrons. The van der Waals surface area contributed by atoms with E-state index in [-0.39, 0.29) is 16.2 Å². The highest BCUT2D eigenvalue weighted by Crippen LogP contribution is 2.48. The molecule has 1 unspecified atom stereocenters. The molecule has 1 aliphatic rings. The molecular formula is C16H26N4OS. The molecular weight excluding hydrogens is 296 g/mol. The van der Waals surface area contributed by atoms with Crippen molar-refractivity contribution in [2.75, 3.05) is 0 Å². The van der Waals surface area contributed by atoms with Crippen LogP contribution in [0, 0.1) is 16.7 Å². The Morgan fingerprint density at radius 1 is 1.45 bits per heavy atom. The summed E-state index contributed by atoms with van der Waals surface area (Å²) in [6, 6.07) is 2.07. The second-order valence-corrected chi connectivity index (χ2v) is 9.50. The average molecular weight is 322 g/mol. The summed E-state index contributed by atoms with van der Waals surface area (Å²) in [6.45, 7) is 8.07. The van der Waals surface area contributed by atoms with Crippen molar-refractivity contribution in [3.05, 3.63) is 17.5 Å². The maximum atomic E-state index is 12.6. The highest BCUT2D eigenvalue weighted by Gasteiger charge is 2.44. The normalized spacial score (nSPS) is 20.6. The first kappa shape index (κ1) is 17.3. The van der Waals surface area contributed by atoms with E-state index in [1.165, 1.54) is 12.8 Å². The Kier molecular flexibility index (Phi) is 4.90. The summed E-state index contributed by atoms with van der Waals surface area (Å²) >= 11 is -1.20. The van der Waals surface area contributed by atoms with E-state index in [9.17, 15) is 9.81 Å². The summed E-state index contributed by atoms with van der Waals surface area (Å²) in [7, 11) is 1.82. The van der Waals surface area contributed by atoms with Gasteiger partial charge in [0.1, 0.15) is 22.6 Å². The lowest BCUT2D eigenvalue weighted by atomic mass is 9.79. The van der Waals surface area contributed by atoms with E-state index in [0.29, 0.717) is 5.56 Å². The second kappa shape index (κ2) is 6.23. The van der Waals surface area contributed by atoms with Gasteiger partial charge in [0.15, 0.2) is 0 Å². The van der Waals surface area contributed by atoms with E-state index in [0.717, 1.165) is 18.5 Å². The minimum Gasteiger partial charge on any atom is -0.598 e. The number of nitrogens with zero attached hydrogens (tertiary/aromatic N) is 3. The van der Waals surface area contributed by atoms with Crippen LogP contribution in [0.5, 0.6) is 0 Å². The largest absolute Gasteiger partial charge is 0.598 e. The molecule has 0 spiro atoms. The van der Waals surface area contributed by atoms with Gasteiger partial charge >= 0.3 is 0 Å². The van der Waals surface area contributed by atoms with Crippen molar-refractivity contribution in [2.45, 2.75) is 64.2 Å². The molecule has 122 valence electrons. The van der Waals surface area contributed by atoms with Gasteiger partial charge < -0.3 is 4.55 Å². The van der Waals surface area contributed by atoms with Gasteiger partial charge in [0.2, 0.25) is 0 Å². The maximum Gasteiger partial charge on any atom is 0.136 e. The third kappa shape index (κ3) is 3.48. The number of aromatic nitrogens is 2. The standard InChI is InChI=1S/C16H26N4OS/c1-15(2,3)22(21)19-14(16(4)8-6-7-9-16)13-12(10-17)11-20(5)18-13/h11,14,19H,6-9H2,1-5H3/t14?,22-/m1/s1. The number of hydrogen-bond acceptors (Lipinski definition) is 4. The summed E-state index contributed by atoms with van der Waals surface area (Å²) in [5.74, 6) is 0. The Bertz CT molecular complexity index is 564. The van der Waals surface area contributed by atoms with Crippen LogP contribution >= 0.6 is 0 Å². The third-order valence-electron chi connectivity index (χ3n) is 4.48. The summed E-state index contributed by atoms with van der Waals surface area (Å²) in [5, 5.41) is 13.9. The molecule has 0 aromatic carbocycles. The lowest BCUT2D eigenvalue weighted by Gasteiger charge is -2.36. The molecule has 0 bridgehead atoms. The van der Waals surface area contributed by atoms with E-state index in [4.69, 9.17) is 0 Å². The Balaban J connectivity index is 2.40. The van der Waals surface area contributed by atoms with Gasteiger partial charge in [-0.3, -0.25) is 4.68 Å². The third-order valence-corrected chi connectivity index (χ3v) is 6.04. The molecule has 1 aromatic heterocycles. The monoisotopic (exact) mass is 322 g/mol. The Morgan fingerprint density at radius 3 is 2.55 bits per heavy atom. The molecule has 1 aromatic rings. The van der Waals surface area contributed by atoms with Gasteiger partial charge in [-0.05, 0) is 39.0 Å². The molecule has 6 heteroatoms. The predicted octanol–water partition coefficient (Wildman–Crippen LogP) is 2.96. The molecule has 1 aliphatic carbocycles. The molecule has 0 amide bonds. The maximum absolute atomic E-state index is 12.6. The molecule has 0 aliphatic heterocycles. The highest BCUT2D eigenvalue weighted by molar-refractivity contribution is 7.90. The van der Waals surface area contributed by atoms with Crippen molar-refractivity contribution in [3.8, 4) is 6.07 Å². The first-order chi connectivity index (χ1) is 10.2. The number of rotatable bonds is 4. The average Bonchev–Trinajstić information content (AvgIpc) is 3.01. The van der Waals surface area contributed by atoms with Gasteiger partial charge in [-0.2, -0.15) is 10.4 Å². The number of nitrogens with one attached hydrogen (secondary N) is 1. The Labute approximate surface area is 136 Å². The minimum absolute atomic E-state index is 0.0130. The van der Waals surface area contributed by atoms with Crippen LogP contribution in [0.25, 0.3) is 0 Å². The van der Waals surface area contributed by atoms with Gasteiger partial charge in [0.25, 0.3) is 0 Å². The van der Waals surface area contributed by atoms with Gasteiger partial charge in [-0.1, -0.05) is 19.8 Å². The smallest absolute Gasteiger partial charge is 0.136 e. The van der Waals surface area contributed by atoms with Crippen LogP contribution < -0.4 is 4.72 Å². The van der Waals surface area contributed by atoms with Crippen LogP contribution in [0.4, 0.5) is 0 Å². The van der Waals surface area contributed by atoms with Crippen LogP contribution in [0.15, 0.2) is 6.20 Å². The van der Waals surface area contributed by atoms with Crippen LogP contribution in [0.2, 0.25) is 0 Å². The van der Waals surface area contributed by atoms with E-state index < -0.39 is 11.4 Å². The zero-order chi connectivity index (χ0) is 16.5. The number of aryl methyl sites for hydroxylation is 1. The van der Waals surface area contributed by atoms with Crippen molar-refractivity contribution in [1.82, 2.24) is 14.5 Å². The van der Waals surface area contributed by atoms with Gasteiger partial charge in [0.05, 0.1) is 5.56 Å². The van der Waals surface area contributed by atoms with Crippen LogP contribution in [0.1, 0.15) is 70.7 Å². The molecule has 1 saturated carbocycles. The minimum atomic E-state index is -1.20. The first-order valence-corrected chi connectivity index (χ1v) is 8.94. The second-order valence-electron chi connectivity index (χ2n) is 7.51. The lowest BCUT2D eigenvalue weighted by Crippen LogP contribution is -2.46. The summed E-state index contributed by atoms with van der Waals surface area (Å²) < 4.78 is 17.2. The van der Waals surface area contributed by atoms with Crippen LogP contribution in [0.3, 0.4) is 0 Å². The fourth-order valence-electron chi connectivity index (χ4n) is 3.09. The Hall–Kier alpha value is -1.03. The van der Waals surface area contributed by atoms with Crippen molar-refractivity contribution < 1.29 is 4.55 Å². The molecule has 2 atom stereocenters. The van der Waals surface area contributed by atoms with Gasteiger partial charge in [0, 0.05) is 24.6 Å². The molecule has 1 fully saturated rings. The zero-order valence-electron chi connectivity index (χ0n) is 14.1. The molecule has 1 heterocycles. The molecule has 5 nitrogen and oxygen atoms in total. The fraction of sp³-hybridized carbons (Fsp3) is 0.750. The highest BCUT2D eigenvalue weighted by atomic mass is 32.2. The predicted molar refractivity (Wildman–Crippen MR) is 88.3 cm³/mol. The quantitative estimate of drug-likeness (QED) is 0.865. The van der Waals surface area contributed by atoms with Crippen molar-refractivity contribution in [3.63, 3.8) is 0 Å². The SMILES string of the molecule is Cn1cc(C#N)c(C(N[S@+]([O-])C(C)(C)C)C2(C)CCCC2)n1. The fourth-order valence-corrected chi connectivity index (χ4v) is 4.05. The van der Waals surface area contributed by atoms with E-state index in [1.807, 2.05) is 27.8 Å². The van der Waals surface area contributed by atoms with Crippen molar-refractivity contribution in [1.29, 1.82) is 5.26 Å². The number of nitriles is 1. The van der Waals surface area contributed by atoms with Crippen molar-refractivity contribution in [2.24, 2.45) is 12.5 Å². The molecule has 2 rings (SSSR count). The van der Waals surface area contributed by atoms with E-state index in [2.05, 4.69) is 22.8 Å². The topological polar surface area (TPSA) is 76.7 Å². The molecule has 1 N–H and O–H groups in total. The van der Waals surface area contributed by atoms with E-state index in [1.54, 1.807) is 10.9 Å². The zero-order valence-corrected chi connectivity index (χ0v) is 15.0. The van der Waals surface area contributed by atoms with Crippen molar-refractivity contribution >= 4 is 11.4 Å². The lowest BCUT2D eigenvalue weighted by molar-refractivity contribution is 0.241. The Morgan fingerprint density at radius 2 is 2.05 bits per heavy atom. The van der Waals surface area contributed by atoms with Gasteiger partial charge in [-0.25, -0.2) is 0 Å². The van der Waals surface area contributed by atoms with Gasteiger partial charge in [-0.15, -0.1) is 4.72 Å². The number of hydrogen-bond donors (Lipinski definition) is 1. The summed E-state index contributed by atoms with van der Waals surface area (Å²) in [6.07, 6.45) is 6.21. The van der Waals surface area contributed by atoms with Crippen LogP contribution in [-0.4, -0.2) is 19.1 Å². The first-order valence-electron chi connectivity index (χ1n) is 7.79. The van der Waals surface area contributed by atoms with E-state index >= 15 is 0 Å². The molecule has 0 saturated heterocycles.